The summed E-state index contributed by atoms with van der Waals surface area (Å²) in [6.07, 6.45) is 1.73. The third kappa shape index (κ3) is 3.00. The number of hydrogen-bond donors (Lipinski definition) is 1. The van der Waals surface area contributed by atoms with Gasteiger partial charge in [-0.1, -0.05) is 17.7 Å². The highest BCUT2D eigenvalue weighted by Gasteiger charge is 2.04. The molecular weight excluding hydrogens is 248 g/mol. The van der Waals surface area contributed by atoms with Crippen LogP contribution in [0.2, 0.25) is 5.02 Å². The van der Waals surface area contributed by atoms with E-state index in [2.05, 4.69) is 4.98 Å². The molecule has 1 aromatic carbocycles. The Morgan fingerprint density at radius 1 is 1.28 bits per heavy atom. The number of hydrogen-bond acceptors (Lipinski definition) is 3. The molecule has 1 heterocycles. The predicted molar refractivity (Wildman–Crippen MR) is 73.1 cm³/mol. The van der Waals surface area contributed by atoms with Crippen molar-refractivity contribution in [2.24, 2.45) is 5.73 Å². The maximum Gasteiger partial charge on any atom is 0.219 e. The van der Waals surface area contributed by atoms with Gasteiger partial charge in [0.2, 0.25) is 5.88 Å². The van der Waals surface area contributed by atoms with Gasteiger partial charge in [0.25, 0.3) is 0 Å². The highest BCUT2D eigenvalue weighted by atomic mass is 35.5. The van der Waals surface area contributed by atoms with Gasteiger partial charge >= 0.3 is 0 Å². The number of pyridine rings is 1. The molecule has 1 atom stereocenters. The Kier molecular flexibility index (Phi) is 3.84. The number of aromatic nitrogens is 1. The van der Waals surface area contributed by atoms with E-state index >= 15 is 0 Å². The smallest absolute Gasteiger partial charge is 0.219 e. The van der Waals surface area contributed by atoms with E-state index in [1.54, 1.807) is 12.3 Å². The topological polar surface area (TPSA) is 48.1 Å². The molecule has 2 rings (SSSR count). The maximum absolute atomic E-state index is 5.89. The Morgan fingerprint density at radius 3 is 2.61 bits per heavy atom. The van der Waals surface area contributed by atoms with Gasteiger partial charge in [0, 0.05) is 23.3 Å². The number of halogens is 1. The molecule has 0 bridgehead atoms. The third-order valence-corrected chi connectivity index (χ3v) is 2.87. The van der Waals surface area contributed by atoms with Gasteiger partial charge in [-0.2, -0.15) is 0 Å². The van der Waals surface area contributed by atoms with Crippen molar-refractivity contribution < 1.29 is 4.74 Å². The summed E-state index contributed by atoms with van der Waals surface area (Å²) < 4.78 is 5.69. The minimum absolute atomic E-state index is 0.0242. The lowest BCUT2D eigenvalue weighted by atomic mass is 10.2. The van der Waals surface area contributed by atoms with Crippen molar-refractivity contribution in [2.45, 2.75) is 19.9 Å². The SMILES string of the molecule is Cc1cc(Cl)ccc1Oc1ccc(C(C)N)cn1. The third-order valence-electron chi connectivity index (χ3n) is 2.64. The molecule has 0 amide bonds. The minimum atomic E-state index is -0.0242. The molecule has 18 heavy (non-hydrogen) atoms. The molecule has 0 aliphatic rings. The standard InChI is InChI=1S/C14H15ClN2O/c1-9-7-12(15)4-5-13(9)18-14-6-3-11(8-17-14)10(2)16/h3-8,10H,16H2,1-2H3. The largest absolute Gasteiger partial charge is 0.439 e. The van der Waals surface area contributed by atoms with Gasteiger partial charge < -0.3 is 10.5 Å². The Morgan fingerprint density at radius 2 is 2.06 bits per heavy atom. The normalized spacial score (nSPS) is 12.2. The monoisotopic (exact) mass is 262 g/mol. The van der Waals surface area contributed by atoms with Crippen LogP contribution in [0.5, 0.6) is 11.6 Å². The molecule has 0 aliphatic heterocycles. The second-order valence-electron chi connectivity index (χ2n) is 4.23. The highest BCUT2D eigenvalue weighted by molar-refractivity contribution is 6.30. The van der Waals surface area contributed by atoms with Gasteiger partial charge in [-0.15, -0.1) is 0 Å². The Balaban J connectivity index is 2.18. The van der Waals surface area contributed by atoms with Crippen molar-refractivity contribution in [3.05, 3.63) is 52.7 Å². The first-order valence-electron chi connectivity index (χ1n) is 5.72. The molecule has 3 nitrogen and oxygen atoms in total. The summed E-state index contributed by atoms with van der Waals surface area (Å²) in [7, 11) is 0. The van der Waals surface area contributed by atoms with Crippen molar-refractivity contribution in [3.63, 3.8) is 0 Å². The van der Waals surface area contributed by atoms with E-state index in [1.807, 2.05) is 38.1 Å². The Labute approximate surface area is 112 Å². The van der Waals surface area contributed by atoms with Crippen LogP contribution < -0.4 is 10.5 Å². The van der Waals surface area contributed by atoms with E-state index in [1.165, 1.54) is 0 Å². The summed E-state index contributed by atoms with van der Waals surface area (Å²) in [5.41, 5.74) is 7.72. The predicted octanol–water partition coefficient (Wildman–Crippen LogP) is 3.86. The maximum atomic E-state index is 5.89. The summed E-state index contributed by atoms with van der Waals surface area (Å²) in [5.74, 6) is 1.30. The molecule has 0 saturated heterocycles. The van der Waals surface area contributed by atoms with Crippen LogP contribution >= 0.6 is 11.6 Å². The van der Waals surface area contributed by atoms with Gasteiger partial charge in [0.05, 0.1) is 0 Å². The van der Waals surface area contributed by atoms with E-state index in [4.69, 9.17) is 22.1 Å². The lowest BCUT2D eigenvalue weighted by molar-refractivity contribution is 0.459. The molecule has 94 valence electrons. The van der Waals surface area contributed by atoms with Gasteiger partial charge in [0.1, 0.15) is 5.75 Å². The minimum Gasteiger partial charge on any atom is -0.439 e. The molecule has 0 fully saturated rings. The number of benzene rings is 1. The second kappa shape index (κ2) is 5.38. The van der Waals surface area contributed by atoms with Crippen LogP contribution in [0.3, 0.4) is 0 Å². The first kappa shape index (κ1) is 12.9. The van der Waals surface area contributed by atoms with Crippen LogP contribution in [0.4, 0.5) is 0 Å². The molecule has 1 unspecified atom stereocenters. The van der Waals surface area contributed by atoms with Crippen LogP contribution in [0, 0.1) is 6.92 Å². The zero-order valence-corrected chi connectivity index (χ0v) is 11.1. The fourth-order valence-electron chi connectivity index (χ4n) is 1.56. The van der Waals surface area contributed by atoms with Crippen molar-refractivity contribution in [2.75, 3.05) is 0 Å². The number of ether oxygens (including phenoxy) is 1. The second-order valence-corrected chi connectivity index (χ2v) is 4.67. The van der Waals surface area contributed by atoms with E-state index < -0.39 is 0 Å². The van der Waals surface area contributed by atoms with Crippen LogP contribution in [0.15, 0.2) is 36.5 Å². The highest BCUT2D eigenvalue weighted by Crippen LogP contribution is 2.26. The Bertz CT molecular complexity index is 538. The average Bonchev–Trinajstić information content (AvgIpc) is 2.33. The van der Waals surface area contributed by atoms with Crippen molar-refractivity contribution in [1.82, 2.24) is 4.98 Å². The molecule has 4 heteroatoms. The zero-order chi connectivity index (χ0) is 13.1. The molecule has 1 aromatic heterocycles. The van der Waals surface area contributed by atoms with Gasteiger partial charge in [0.15, 0.2) is 0 Å². The molecule has 0 saturated carbocycles. The Hall–Kier alpha value is -1.58. The summed E-state index contributed by atoms with van der Waals surface area (Å²) >= 11 is 5.89. The molecule has 2 aromatic rings. The average molecular weight is 263 g/mol. The molecule has 0 radical (unpaired) electrons. The van der Waals surface area contributed by atoms with E-state index in [-0.39, 0.29) is 6.04 Å². The first-order chi connectivity index (χ1) is 8.56. The fraction of sp³-hybridized carbons (Fsp3) is 0.214. The molecule has 0 aliphatic carbocycles. The summed E-state index contributed by atoms with van der Waals surface area (Å²) in [4.78, 5) is 4.22. The molecular formula is C14H15ClN2O. The fourth-order valence-corrected chi connectivity index (χ4v) is 1.79. The summed E-state index contributed by atoms with van der Waals surface area (Å²) in [5, 5.41) is 0.695. The van der Waals surface area contributed by atoms with Crippen LogP contribution in [-0.4, -0.2) is 4.98 Å². The van der Waals surface area contributed by atoms with Crippen LogP contribution in [-0.2, 0) is 0 Å². The van der Waals surface area contributed by atoms with E-state index in [0.717, 1.165) is 16.9 Å². The van der Waals surface area contributed by atoms with E-state index in [0.29, 0.717) is 10.9 Å². The zero-order valence-electron chi connectivity index (χ0n) is 10.4. The van der Waals surface area contributed by atoms with Gasteiger partial charge in [-0.25, -0.2) is 4.98 Å². The van der Waals surface area contributed by atoms with Gasteiger partial charge in [-0.05, 0) is 43.2 Å². The van der Waals surface area contributed by atoms with E-state index in [9.17, 15) is 0 Å². The first-order valence-corrected chi connectivity index (χ1v) is 6.09. The van der Waals surface area contributed by atoms with Crippen LogP contribution in [0.25, 0.3) is 0 Å². The summed E-state index contributed by atoms with van der Waals surface area (Å²) in [6, 6.07) is 9.18. The number of nitrogens with zero attached hydrogens (tertiary/aromatic N) is 1. The van der Waals surface area contributed by atoms with Crippen molar-refractivity contribution in [1.29, 1.82) is 0 Å². The van der Waals surface area contributed by atoms with Gasteiger partial charge in [-0.3, -0.25) is 0 Å². The summed E-state index contributed by atoms with van der Waals surface area (Å²) in [6.45, 7) is 3.86. The van der Waals surface area contributed by atoms with Crippen LogP contribution in [0.1, 0.15) is 24.1 Å². The van der Waals surface area contributed by atoms with Crippen molar-refractivity contribution in [3.8, 4) is 11.6 Å². The molecule has 0 spiro atoms. The lowest BCUT2D eigenvalue weighted by Gasteiger charge is -2.09. The number of nitrogens with two attached hydrogens (primary N) is 1. The number of rotatable bonds is 3. The van der Waals surface area contributed by atoms with Crippen molar-refractivity contribution >= 4 is 11.6 Å². The quantitative estimate of drug-likeness (QED) is 0.914. The number of aryl methyl sites for hydroxylation is 1. The lowest BCUT2D eigenvalue weighted by Crippen LogP contribution is -2.05. The molecule has 2 N–H and O–H groups in total.